The fourth-order valence-corrected chi connectivity index (χ4v) is 4.72. The predicted octanol–water partition coefficient (Wildman–Crippen LogP) is 3.27. The van der Waals surface area contributed by atoms with E-state index in [4.69, 9.17) is 0 Å². The first-order valence-electron chi connectivity index (χ1n) is 6.99. The number of aromatic hydroxyl groups is 1. The van der Waals surface area contributed by atoms with Gasteiger partial charge in [-0.2, -0.15) is 0 Å². The van der Waals surface area contributed by atoms with Gasteiger partial charge in [-0.25, -0.2) is 0 Å². The molecule has 1 amide bonds. The topological polar surface area (TPSA) is 69.6 Å². The van der Waals surface area contributed by atoms with Crippen LogP contribution in [0.4, 0.5) is 0 Å². The summed E-state index contributed by atoms with van der Waals surface area (Å²) in [5, 5.41) is 23.3. The van der Waals surface area contributed by atoms with Crippen molar-refractivity contribution < 1.29 is 15.0 Å². The largest absolute Gasteiger partial charge is 0.506 e. The molecule has 1 aliphatic rings. The van der Waals surface area contributed by atoms with Crippen LogP contribution >= 0.6 is 45.2 Å². The van der Waals surface area contributed by atoms with Gasteiger partial charge in [-0.3, -0.25) is 4.79 Å². The molecule has 0 radical (unpaired) electrons. The van der Waals surface area contributed by atoms with Crippen LogP contribution in [0.15, 0.2) is 12.1 Å². The first-order chi connectivity index (χ1) is 9.81. The molecule has 0 spiro atoms. The minimum Gasteiger partial charge on any atom is -0.506 e. The van der Waals surface area contributed by atoms with E-state index in [1.165, 1.54) is 0 Å². The van der Waals surface area contributed by atoms with Crippen molar-refractivity contribution in [1.82, 2.24) is 5.32 Å². The van der Waals surface area contributed by atoms with E-state index >= 15 is 0 Å². The molecule has 2 rings (SSSR count). The van der Waals surface area contributed by atoms with Gasteiger partial charge in [-0.05, 0) is 76.1 Å². The standard InChI is InChI=1S/C15H19I2NO3/c1-9-3-2-4-15(21,7-9)8-18-14(20)11-5-10(16)6-12(17)13(11)19/h5-6,9,19,21H,2-4,7-8H2,1H3,(H,18,20). The van der Waals surface area contributed by atoms with Crippen molar-refractivity contribution in [3.63, 3.8) is 0 Å². The highest BCUT2D eigenvalue weighted by Gasteiger charge is 2.33. The molecule has 2 unspecified atom stereocenters. The zero-order valence-electron chi connectivity index (χ0n) is 11.8. The van der Waals surface area contributed by atoms with Gasteiger partial charge < -0.3 is 15.5 Å². The number of nitrogens with one attached hydrogen (secondary N) is 1. The van der Waals surface area contributed by atoms with E-state index in [0.717, 1.165) is 16.4 Å². The quantitative estimate of drug-likeness (QED) is 0.542. The summed E-state index contributed by atoms with van der Waals surface area (Å²) in [4.78, 5) is 12.2. The summed E-state index contributed by atoms with van der Waals surface area (Å²) >= 11 is 4.11. The van der Waals surface area contributed by atoms with Gasteiger partial charge in [-0.15, -0.1) is 0 Å². The summed E-state index contributed by atoms with van der Waals surface area (Å²) < 4.78 is 1.54. The lowest BCUT2D eigenvalue weighted by Gasteiger charge is -2.35. The first-order valence-corrected chi connectivity index (χ1v) is 9.15. The van der Waals surface area contributed by atoms with Crippen LogP contribution in [0.25, 0.3) is 0 Å². The molecule has 0 aliphatic heterocycles. The fourth-order valence-electron chi connectivity index (χ4n) is 2.87. The number of carbonyl (C=O) groups excluding carboxylic acids is 1. The summed E-state index contributed by atoms with van der Waals surface area (Å²) in [5.74, 6) is 0.140. The molecule has 0 bridgehead atoms. The van der Waals surface area contributed by atoms with Gasteiger partial charge >= 0.3 is 0 Å². The fraction of sp³-hybridized carbons (Fsp3) is 0.533. The van der Waals surface area contributed by atoms with Crippen LogP contribution in [0.3, 0.4) is 0 Å². The van der Waals surface area contributed by atoms with Crippen molar-refractivity contribution in [1.29, 1.82) is 0 Å². The molecule has 0 heterocycles. The van der Waals surface area contributed by atoms with E-state index in [0.29, 0.717) is 22.3 Å². The van der Waals surface area contributed by atoms with Crippen LogP contribution in [0.2, 0.25) is 0 Å². The van der Waals surface area contributed by atoms with E-state index in [1.807, 2.05) is 28.7 Å². The molecule has 0 saturated heterocycles. The van der Waals surface area contributed by atoms with Crippen molar-refractivity contribution in [2.45, 2.75) is 38.2 Å². The van der Waals surface area contributed by atoms with E-state index in [1.54, 1.807) is 6.07 Å². The summed E-state index contributed by atoms with van der Waals surface area (Å²) in [5.41, 5.74) is -0.559. The average Bonchev–Trinajstić information content (AvgIpc) is 2.40. The Labute approximate surface area is 152 Å². The number of phenols is 1. The molecule has 116 valence electrons. The third-order valence-electron chi connectivity index (χ3n) is 3.92. The maximum Gasteiger partial charge on any atom is 0.255 e. The molecular weight excluding hydrogens is 496 g/mol. The highest BCUT2D eigenvalue weighted by atomic mass is 127. The minimum absolute atomic E-state index is 0.00230. The van der Waals surface area contributed by atoms with Crippen molar-refractivity contribution in [2.24, 2.45) is 5.92 Å². The molecule has 6 heteroatoms. The third kappa shape index (κ3) is 4.44. The lowest BCUT2D eigenvalue weighted by molar-refractivity contribution is -0.0109. The Morgan fingerprint density at radius 1 is 1.48 bits per heavy atom. The highest BCUT2D eigenvalue weighted by molar-refractivity contribution is 14.1. The van der Waals surface area contributed by atoms with Crippen molar-refractivity contribution in [2.75, 3.05) is 6.54 Å². The number of carbonyl (C=O) groups is 1. The van der Waals surface area contributed by atoms with Crippen molar-refractivity contribution >= 4 is 51.1 Å². The maximum absolute atomic E-state index is 12.2. The molecule has 1 aromatic rings. The molecule has 1 saturated carbocycles. The Bertz CT molecular complexity index is 550. The van der Waals surface area contributed by atoms with E-state index in [9.17, 15) is 15.0 Å². The van der Waals surface area contributed by atoms with Gasteiger partial charge in [0, 0.05) is 10.1 Å². The average molecular weight is 515 g/mol. The zero-order chi connectivity index (χ0) is 15.6. The molecule has 1 fully saturated rings. The highest BCUT2D eigenvalue weighted by Crippen LogP contribution is 2.32. The number of halogens is 2. The second kappa shape index (κ2) is 6.99. The smallest absolute Gasteiger partial charge is 0.255 e. The third-order valence-corrected chi connectivity index (χ3v) is 5.36. The number of hydrogen-bond donors (Lipinski definition) is 3. The summed E-state index contributed by atoms with van der Waals surface area (Å²) in [6.07, 6.45) is 3.54. The number of benzene rings is 1. The monoisotopic (exact) mass is 515 g/mol. The van der Waals surface area contributed by atoms with Crippen LogP contribution < -0.4 is 5.32 Å². The summed E-state index contributed by atoms with van der Waals surface area (Å²) in [6, 6.07) is 3.46. The summed E-state index contributed by atoms with van der Waals surface area (Å²) in [6.45, 7) is 2.36. The Morgan fingerprint density at radius 3 is 2.86 bits per heavy atom. The SMILES string of the molecule is CC1CCCC(O)(CNC(=O)c2cc(I)cc(I)c2O)C1. The van der Waals surface area contributed by atoms with Gasteiger partial charge in [0.25, 0.3) is 5.91 Å². The van der Waals surface area contributed by atoms with Crippen LogP contribution in [0, 0.1) is 13.1 Å². The van der Waals surface area contributed by atoms with Gasteiger partial charge in [-0.1, -0.05) is 19.8 Å². The van der Waals surface area contributed by atoms with Crippen LogP contribution in [0.5, 0.6) is 5.75 Å². The second-order valence-electron chi connectivity index (χ2n) is 5.89. The summed E-state index contributed by atoms with van der Waals surface area (Å²) in [7, 11) is 0. The Kier molecular flexibility index (Phi) is 5.75. The number of phenolic OH excluding ortho intramolecular Hbond substituents is 1. The molecule has 21 heavy (non-hydrogen) atoms. The molecule has 2 atom stereocenters. The normalized spacial score (nSPS) is 25.6. The molecule has 4 nitrogen and oxygen atoms in total. The lowest BCUT2D eigenvalue weighted by Crippen LogP contribution is -2.45. The van der Waals surface area contributed by atoms with E-state index in [-0.39, 0.29) is 23.8 Å². The molecule has 1 aromatic carbocycles. The van der Waals surface area contributed by atoms with Crippen LogP contribution in [-0.2, 0) is 0 Å². The maximum atomic E-state index is 12.2. The van der Waals surface area contributed by atoms with Gasteiger partial charge in [0.15, 0.2) is 0 Å². The van der Waals surface area contributed by atoms with Crippen LogP contribution in [0.1, 0.15) is 43.0 Å². The van der Waals surface area contributed by atoms with Crippen LogP contribution in [-0.4, -0.2) is 28.3 Å². The van der Waals surface area contributed by atoms with Crippen molar-refractivity contribution in [3.05, 3.63) is 24.8 Å². The Morgan fingerprint density at radius 2 is 2.19 bits per heavy atom. The minimum atomic E-state index is -0.821. The molecular formula is C15H19I2NO3. The predicted molar refractivity (Wildman–Crippen MR) is 98.5 cm³/mol. The first kappa shape index (κ1) is 17.3. The number of rotatable bonds is 3. The van der Waals surface area contributed by atoms with E-state index < -0.39 is 5.60 Å². The van der Waals surface area contributed by atoms with Gasteiger partial charge in [0.2, 0.25) is 0 Å². The van der Waals surface area contributed by atoms with E-state index in [2.05, 4.69) is 34.8 Å². The Hall–Kier alpha value is -0.0900. The molecule has 3 N–H and O–H groups in total. The van der Waals surface area contributed by atoms with Gasteiger partial charge in [0.05, 0.1) is 14.7 Å². The zero-order valence-corrected chi connectivity index (χ0v) is 16.1. The van der Waals surface area contributed by atoms with Gasteiger partial charge in [0.1, 0.15) is 5.75 Å². The Balaban J connectivity index is 2.05. The lowest BCUT2D eigenvalue weighted by atomic mass is 9.79. The second-order valence-corrected chi connectivity index (χ2v) is 8.30. The molecule has 0 aromatic heterocycles. The number of aliphatic hydroxyl groups is 1. The van der Waals surface area contributed by atoms with Crippen molar-refractivity contribution in [3.8, 4) is 5.75 Å². The molecule has 1 aliphatic carbocycles. The number of hydrogen-bond acceptors (Lipinski definition) is 3. The number of amides is 1.